The Bertz CT molecular complexity index is 388. The molecule has 0 unspecified atom stereocenters. The van der Waals surface area contributed by atoms with Gasteiger partial charge in [0.05, 0.1) is 6.42 Å². The number of aliphatic carboxylic acids is 1. The van der Waals surface area contributed by atoms with Crippen LogP contribution >= 0.6 is 47.8 Å². The van der Waals surface area contributed by atoms with E-state index in [0.29, 0.717) is 0 Å². The van der Waals surface area contributed by atoms with Crippen molar-refractivity contribution in [1.29, 1.82) is 0 Å². The van der Waals surface area contributed by atoms with Gasteiger partial charge in [0.1, 0.15) is 0 Å². The molecule has 5 heteroatoms. The Morgan fingerprint density at radius 2 is 1.93 bits per heavy atom. The van der Waals surface area contributed by atoms with E-state index in [1.54, 1.807) is 0 Å². The first-order chi connectivity index (χ1) is 6.43. The monoisotopic (exact) mass is 384 g/mol. The third-order valence-electron chi connectivity index (χ3n) is 1.82. The van der Waals surface area contributed by atoms with Gasteiger partial charge in [-0.3, -0.25) is 4.79 Å². The first kappa shape index (κ1) is 12.2. The molecule has 0 fully saturated rings. The number of hydrogen-bond acceptors (Lipinski definition) is 1. The Morgan fingerprint density at radius 3 is 2.43 bits per heavy atom. The van der Waals surface area contributed by atoms with Crippen LogP contribution in [0.4, 0.5) is 0 Å². The van der Waals surface area contributed by atoms with E-state index in [-0.39, 0.29) is 6.42 Å². The van der Waals surface area contributed by atoms with Gasteiger partial charge in [0.2, 0.25) is 0 Å². The second-order valence-corrected chi connectivity index (χ2v) is 5.33. The molecule has 2 nitrogen and oxygen atoms in total. The maximum Gasteiger partial charge on any atom is 0.307 e. The summed E-state index contributed by atoms with van der Waals surface area (Å²) >= 11 is 10.1. The van der Waals surface area contributed by atoms with Crippen LogP contribution in [-0.4, -0.2) is 11.1 Å². The van der Waals surface area contributed by atoms with Gasteiger partial charge in [-0.15, -0.1) is 0 Å². The van der Waals surface area contributed by atoms with E-state index in [4.69, 9.17) is 5.11 Å². The first-order valence-corrected chi connectivity index (χ1v) is 6.16. The molecule has 0 saturated carbocycles. The van der Waals surface area contributed by atoms with E-state index in [9.17, 15) is 4.79 Å². The molecule has 0 aromatic heterocycles. The molecule has 0 radical (unpaired) electrons. The largest absolute Gasteiger partial charge is 0.481 e. The quantitative estimate of drug-likeness (QED) is 0.836. The summed E-state index contributed by atoms with van der Waals surface area (Å²) in [6, 6.07) is 1.86. The van der Waals surface area contributed by atoms with Crippen LogP contribution in [0.15, 0.2) is 19.5 Å². The summed E-state index contributed by atoms with van der Waals surface area (Å²) < 4.78 is 2.58. The minimum Gasteiger partial charge on any atom is -0.481 e. The Kier molecular flexibility index (Phi) is 4.15. The van der Waals surface area contributed by atoms with Gasteiger partial charge in [-0.2, -0.15) is 0 Å². The predicted octanol–water partition coefficient (Wildman–Crippen LogP) is 3.91. The lowest BCUT2D eigenvalue weighted by Gasteiger charge is -2.09. The molecule has 0 aliphatic rings. The number of halogens is 3. The maximum absolute atomic E-state index is 10.6. The highest BCUT2D eigenvalue weighted by molar-refractivity contribution is 9.11. The second kappa shape index (κ2) is 4.77. The van der Waals surface area contributed by atoms with Crippen molar-refractivity contribution in [2.24, 2.45) is 0 Å². The lowest BCUT2D eigenvalue weighted by Crippen LogP contribution is -2.03. The first-order valence-electron chi connectivity index (χ1n) is 3.78. The lowest BCUT2D eigenvalue weighted by molar-refractivity contribution is -0.136. The van der Waals surface area contributed by atoms with Gasteiger partial charge in [-0.05, 0) is 24.1 Å². The van der Waals surface area contributed by atoms with Crippen molar-refractivity contribution in [2.75, 3.05) is 0 Å². The smallest absolute Gasteiger partial charge is 0.307 e. The standard InChI is InChI=1S/C9H7Br3O2/c1-4-6(10)3-7(11)5(9(4)12)2-8(13)14/h3H,2H2,1H3,(H,13,14). The normalized spacial score (nSPS) is 10.3. The molecule has 0 spiro atoms. The number of carboxylic acids is 1. The number of rotatable bonds is 2. The van der Waals surface area contributed by atoms with Crippen molar-refractivity contribution >= 4 is 53.8 Å². The Hall–Kier alpha value is 0.130. The molecule has 0 amide bonds. The van der Waals surface area contributed by atoms with Crippen molar-refractivity contribution in [3.63, 3.8) is 0 Å². The summed E-state index contributed by atoms with van der Waals surface area (Å²) in [6.07, 6.45) is 0.00921. The fourth-order valence-corrected chi connectivity index (χ4v) is 3.46. The molecule has 0 saturated heterocycles. The van der Waals surface area contributed by atoms with Crippen LogP contribution in [0.3, 0.4) is 0 Å². The van der Waals surface area contributed by atoms with Gasteiger partial charge in [0, 0.05) is 13.4 Å². The number of hydrogen-bond donors (Lipinski definition) is 1. The van der Waals surface area contributed by atoms with E-state index in [1.807, 2.05) is 13.0 Å². The van der Waals surface area contributed by atoms with Crippen molar-refractivity contribution in [3.05, 3.63) is 30.6 Å². The molecule has 0 aliphatic heterocycles. The Balaban J connectivity index is 3.29. The van der Waals surface area contributed by atoms with Crippen molar-refractivity contribution in [3.8, 4) is 0 Å². The molecule has 76 valence electrons. The maximum atomic E-state index is 10.6. The summed E-state index contributed by atoms with van der Waals surface area (Å²) in [4.78, 5) is 10.6. The number of benzene rings is 1. The second-order valence-electron chi connectivity index (χ2n) is 2.83. The van der Waals surface area contributed by atoms with Crippen LogP contribution < -0.4 is 0 Å². The van der Waals surface area contributed by atoms with Crippen LogP contribution in [0, 0.1) is 6.92 Å². The van der Waals surface area contributed by atoms with Gasteiger partial charge < -0.3 is 5.11 Å². The van der Waals surface area contributed by atoms with Crippen LogP contribution in [0.25, 0.3) is 0 Å². The van der Waals surface area contributed by atoms with Crippen LogP contribution in [-0.2, 0) is 11.2 Å². The zero-order valence-corrected chi connectivity index (χ0v) is 12.0. The molecular formula is C9H7Br3O2. The zero-order valence-electron chi connectivity index (χ0n) is 7.27. The van der Waals surface area contributed by atoms with E-state index in [1.165, 1.54) is 0 Å². The third kappa shape index (κ3) is 2.58. The highest BCUT2D eigenvalue weighted by Crippen LogP contribution is 2.34. The highest BCUT2D eigenvalue weighted by Gasteiger charge is 2.13. The van der Waals surface area contributed by atoms with Gasteiger partial charge in [0.25, 0.3) is 0 Å². The van der Waals surface area contributed by atoms with Gasteiger partial charge in [-0.25, -0.2) is 0 Å². The van der Waals surface area contributed by atoms with E-state index in [2.05, 4.69) is 47.8 Å². The number of carboxylic acid groups (broad SMARTS) is 1. The van der Waals surface area contributed by atoms with Crippen LogP contribution in [0.1, 0.15) is 11.1 Å². The van der Waals surface area contributed by atoms with Gasteiger partial charge >= 0.3 is 5.97 Å². The van der Waals surface area contributed by atoms with Gasteiger partial charge in [0.15, 0.2) is 0 Å². The Morgan fingerprint density at radius 1 is 1.36 bits per heavy atom. The average molecular weight is 387 g/mol. The fourth-order valence-electron chi connectivity index (χ4n) is 1.06. The average Bonchev–Trinajstić information content (AvgIpc) is 2.09. The zero-order chi connectivity index (χ0) is 10.9. The molecule has 1 rings (SSSR count). The van der Waals surface area contributed by atoms with E-state index < -0.39 is 5.97 Å². The molecule has 1 aromatic rings. The van der Waals surface area contributed by atoms with Crippen molar-refractivity contribution in [2.45, 2.75) is 13.3 Å². The predicted molar refractivity (Wildman–Crippen MR) is 65.6 cm³/mol. The third-order valence-corrected chi connectivity index (χ3v) is 4.43. The molecule has 0 heterocycles. The van der Waals surface area contributed by atoms with Gasteiger partial charge in [-0.1, -0.05) is 47.8 Å². The SMILES string of the molecule is Cc1c(Br)cc(Br)c(CC(=O)O)c1Br. The molecule has 1 aromatic carbocycles. The Labute approximate surface area is 107 Å². The summed E-state index contributed by atoms with van der Waals surface area (Å²) in [7, 11) is 0. The minimum atomic E-state index is -0.840. The fraction of sp³-hybridized carbons (Fsp3) is 0.222. The van der Waals surface area contributed by atoms with E-state index in [0.717, 1.165) is 24.5 Å². The topological polar surface area (TPSA) is 37.3 Å². The van der Waals surface area contributed by atoms with Crippen molar-refractivity contribution < 1.29 is 9.90 Å². The minimum absolute atomic E-state index is 0.00921. The van der Waals surface area contributed by atoms with Crippen LogP contribution in [0.5, 0.6) is 0 Å². The molecule has 14 heavy (non-hydrogen) atoms. The molecule has 0 atom stereocenters. The summed E-state index contributed by atoms with van der Waals surface area (Å²) in [5, 5.41) is 8.72. The summed E-state index contributed by atoms with van der Waals surface area (Å²) in [6.45, 7) is 1.92. The molecule has 0 bridgehead atoms. The van der Waals surface area contributed by atoms with Crippen molar-refractivity contribution in [1.82, 2.24) is 0 Å². The highest BCUT2D eigenvalue weighted by atomic mass is 79.9. The molecule has 1 N–H and O–H groups in total. The molecule has 0 aliphatic carbocycles. The number of carbonyl (C=O) groups is 1. The van der Waals surface area contributed by atoms with E-state index >= 15 is 0 Å². The van der Waals surface area contributed by atoms with Crippen LogP contribution in [0.2, 0.25) is 0 Å². The lowest BCUT2D eigenvalue weighted by atomic mass is 10.1. The summed E-state index contributed by atoms with van der Waals surface area (Å²) in [5.74, 6) is -0.840. The summed E-state index contributed by atoms with van der Waals surface area (Å²) in [5.41, 5.74) is 1.77. The molecular weight excluding hydrogens is 380 g/mol.